The first-order valence-electron chi connectivity index (χ1n) is 3.91. The first-order valence-corrected chi connectivity index (χ1v) is 6.24. The molecule has 0 amide bonds. The van der Waals surface area contributed by atoms with Gasteiger partial charge in [0.2, 0.25) is 0 Å². The zero-order valence-corrected chi connectivity index (χ0v) is 11.0. The summed E-state index contributed by atoms with van der Waals surface area (Å²) in [6, 6.07) is 2.01. The van der Waals surface area contributed by atoms with Gasteiger partial charge in [0, 0.05) is 16.6 Å². The van der Waals surface area contributed by atoms with E-state index in [1.54, 1.807) is 17.5 Å². The lowest BCUT2D eigenvalue weighted by Crippen LogP contribution is -1.90. The third kappa shape index (κ3) is 1.92. The molecule has 0 N–H and O–H groups in total. The minimum absolute atomic E-state index is 0.515. The minimum Gasteiger partial charge on any atom is -0.235 e. The summed E-state index contributed by atoms with van der Waals surface area (Å²) >= 11 is 9.73. The van der Waals surface area contributed by atoms with Crippen molar-refractivity contribution < 1.29 is 0 Å². The summed E-state index contributed by atoms with van der Waals surface area (Å²) < 4.78 is 0.876. The highest BCUT2D eigenvalue weighted by molar-refractivity contribution is 14.1. The fourth-order valence-corrected chi connectivity index (χ4v) is 2.18. The summed E-state index contributed by atoms with van der Waals surface area (Å²) in [6.07, 6.45) is 1.74. The molecule has 0 saturated heterocycles. The Labute approximate surface area is 104 Å². The maximum atomic E-state index is 5.93. The molecule has 0 spiro atoms. The lowest BCUT2D eigenvalue weighted by atomic mass is 10.2. The molecule has 0 aliphatic heterocycles. The van der Waals surface area contributed by atoms with Crippen LogP contribution >= 0.6 is 45.5 Å². The number of thiophene rings is 1. The number of halogens is 2. The van der Waals surface area contributed by atoms with Crippen LogP contribution in [0.2, 0.25) is 5.15 Å². The number of aryl methyl sites for hydroxylation is 1. The van der Waals surface area contributed by atoms with Gasteiger partial charge in [-0.1, -0.05) is 11.6 Å². The van der Waals surface area contributed by atoms with Crippen molar-refractivity contribution in [3.8, 4) is 11.4 Å². The molecule has 0 aromatic carbocycles. The Morgan fingerprint density at radius 2 is 2.29 bits per heavy atom. The Hall–Kier alpha value is -0.200. The van der Waals surface area contributed by atoms with E-state index in [4.69, 9.17) is 11.6 Å². The summed E-state index contributed by atoms with van der Waals surface area (Å²) in [7, 11) is 0. The molecule has 0 aliphatic carbocycles. The maximum absolute atomic E-state index is 5.93. The van der Waals surface area contributed by atoms with Crippen molar-refractivity contribution >= 4 is 45.5 Å². The van der Waals surface area contributed by atoms with Gasteiger partial charge in [0.05, 0.1) is 3.57 Å². The topological polar surface area (TPSA) is 25.8 Å². The normalized spacial score (nSPS) is 10.5. The second-order valence-corrected chi connectivity index (χ2v) is 5.36. The molecule has 2 heterocycles. The van der Waals surface area contributed by atoms with Crippen LogP contribution < -0.4 is 0 Å². The molecule has 0 unspecified atom stereocenters. The van der Waals surface area contributed by atoms with Gasteiger partial charge in [-0.15, -0.1) is 11.3 Å². The third-order valence-corrected chi connectivity index (χ3v) is 4.04. The number of rotatable bonds is 1. The van der Waals surface area contributed by atoms with Crippen molar-refractivity contribution in [2.75, 3.05) is 0 Å². The lowest BCUT2D eigenvalue weighted by Gasteiger charge is -2.00. The molecule has 0 bridgehead atoms. The molecule has 2 aromatic rings. The van der Waals surface area contributed by atoms with Gasteiger partial charge in [-0.05, 0) is 41.0 Å². The molecule has 0 atom stereocenters. The standard InChI is InChI=1S/C9H6ClIN2S/c1-5-6(2-3-14-5)9-12-4-7(11)8(10)13-9/h2-4H,1H3. The van der Waals surface area contributed by atoms with E-state index in [2.05, 4.69) is 39.5 Å². The van der Waals surface area contributed by atoms with E-state index in [0.717, 1.165) is 9.13 Å². The quantitative estimate of drug-likeness (QED) is 0.585. The smallest absolute Gasteiger partial charge is 0.162 e. The largest absolute Gasteiger partial charge is 0.235 e. The van der Waals surface area contributed by atoms with Gasteiger partial charge in [0.25, 0.3) is 0 Å². The summed E-state index contributed by atoms with van der Waals surface area (Å²) in [5.41, 5.74) is 1.06. The van der Waals surface area contributed by atoms with Crippen molar-refractivity contribution in [1.82, 2.24) is 9.97 Å². The van der Waals surface area contributed by atoms with Crippen LogP contribution in [0.5, 0.6) is 0 Å². The third-order valence-electron chi connectivity index (χ3n) is 1.80. The van der Waals surface area contributed by atoms with Gasteiger partial charge >= 0.3 is 0 Å². The molecule has 0 saturated carbocycles. The highest BCUT2D eigenvalue weighted by Gasteiger charge is 2.08. The van der Waals surface area contributed by atoms with Crippen LogP contribution in [0.1, 0.15) is 4.88 Å². The Morgan fingerprint density at radius 3 is 2.86 bits per heavy atom. The van der Waals surface area contributed by atoms with E-state index in [9.17, 15) is 0 Å². The SMILES string of the molecule is Cc1sccc1-c1ncc(I)c(Cl)n1. The van der Waals surface area contributed by atoms with Crippen molar-refractivity contribution in [2.24, 2.45) is 0 Å². The average Bonchev–Trinajstić information content (AvgIpc) is 2.57. The average molecular weight is 337 g/mol. The van der Waals surface area contributed by atoms with Crippen LogP contribution in [0.25, 0.3) is 11.4 Å². The van der Waals surface area contributed by atoms with E-state index in [0.29, 0.717) is 11.0 Å². The summed E-state index contributed by atoms with van der Waals surface area (Å²) in [5, 5.41) is 2.54. The molecule has 2 rings (SSSR count). The lowest BCUT2D eigenvalue weighted by molar-refractivity contribution is 1.16. The molecular weight excluding hydrogens is 331 g/mol. The van der Waals surface area contributed by atoms with Crippen LogP contribution in [0, 0.1) is 10.5 Å². The Morgan fingerprint density at radius 1 is 1.50 bits per heavy atom. The second-order valence-electron chi connectivity index (χ2n) is 2.72. The first-order chi connectivity index (χ1) is 6.68. The predicted octanol–water partition coefficient (Wildman–Crippen LogP) is 3.77. The van der Waals surface area contributed by atoms with E-state index in [-0.39, 0.29) is 0 Å². The number of aromatic nitrogens is 2. The van der Waals surface area contributed by atoms with E-state index >= 15 is 0 Å². The van der Waals surface area contributed by atoms with Crippen molar-refractivity contribution in [3.05, 3.63) is 31.2 Å². The van der Waals surface area contributed by atoms with Crippen LogP contribution in [-0.4, -0.2) is 9.97 Å². The fourth-order valence-electron chi connectivity index (χ4n) is 1.09. The highest BCUT2D eigenvalue weighted by atomic mass is 127. The molecule has 72 valence electrons. The molecule has 0 aliphatic rings. The zero-order valence-electron chi connectivity index (χ0n) is 7.29. The summed E-state index contributed by atoms with van der Waals surface area (Å²) in [6.45, 7) is 2.05. The Kier molecular flexibility index (Phi) is 3.04. The first kappa shape index (κ1) is 10.3. The minimum atomic E-state index is 0.515. The van der Waals surface area contributed by atoms with E-state index < -0.39 is 0 Å². The van der Waals surface area contributed by atoms with Crippen LogP contribution in [-0.2, 0) is 0 Å². The van der Waals surface area contributed by atoms with Gasteiger partial charge in [-0.2, -0.15) is 0 Å². The number of nitrogens with zero attached hydrogens (tertiary/aromatic N) is 2. The van der Waals surface area contributed by atoms with Gasteiger partial charge in [-0.25, -0.2) is 9.97 Å². The van der Waals surface area contributed by atoms with Gasteiger partial charge in [0.15, 0.2) is 5.82 Å². The molecule has 5 heteroatoms. The predicted molar refractivity (Wildman–Crippen MR) is 67.8 cm³/mol. The molecule has 0 radical (unpaired) electrons. The van der Waals surface area contributed by atoms with Crippen molar-refractivity contribution in [3.63, 3.8) is 0 Å². The van der Waals surface area contributed by atoms with E-state index in [1.165, 1.54) is 4.88 Å². The van der Waals surface area contributed by atoms with Gasteiger partial charge < -0.3 is 0 Å². The summed E-state index contributed by atoms with van der Waals surface area (Å²) in [5.74, 6) is 0.703. The van der Waals surface area contributed by atoms with Crippen molar-refractivity contribution in [2.45, 2.75) is 6.92 Å². The van der Waals surface area contributed by atoms with Crippen LogP contribution in [0.4, 0.5) is 0 Å². The Bertz CT molecular complexity index is 470. The highest BCUT2D eigenvalue weighted by Crippen LogP contribution is 2.26. The maximum Gasteiger partial charge on any atom is 0.162 e. The number of hydrogen-bond donors (Lipinski definition) is 0. The van der Waals surface area contributed by atoms with Crippen LogP contribution in [0.3, 0.4) is 0 Å². The molecule has 2 aromatic heterocycles. The van der Waals surface area contributed by atoms with Gasteiger partial charge in [0.1, 0.15) is 5.15 Å². The van der Waals surface area contributed by atoms with E-state index in [1.807, 2.05) is 11.4 Å². The molecule has 14 heavy (non-hydrogen) atoms. The van der Waals surface area contributed by atoms with Crippen LogP contribution in [0.15, 0.2) is 17.6 Å². The molecular formula is C9H6ClIN2S. The monoisotopic (exact) mass is 336 g/mol. The number of hydrogen-bond acceptors (Lipinski definition) is 3. The van der Waals surface area contributed by atoms with Crippen molar-refractivity contribution in [1.29, 1.82) is 0 Å². The zero-order chi connectivity index (χ0) is 10.1. The second kappa shape index (κ2) is 4.12. The molecule has 2 nitrogen and oxygen atoms in total. The fraction of sp³-hybridized carbons (Fsp3) is 0.111. The van der Waals surface area contributed by atoms with Gasteiger partial charge in [-0.3, -0.25) is 0 Å². The molecule has 0 fully saturated rings. The Balaban J connectivity index is 2.53. The summed E-state index contributed by atoms with van der Waals surface area (Å²) in [4.78, 5) is 9.69.